The van der Waals surface area contributed by atoms with Crippen molar-refractivity contribution < 1.29 is 4.79 Å². The molecule has 1 N–H and O–H groups in total. The molecule has 7 heteroatoms. The molecule has 2 atom stereocenters. The number of hydrogen-bond acceptors (Lipinski definition) is 5. The molecular weight excluding hydrogens is 402 g/mol. The van der Waals surface area contributed by atoms with Crippen LogP contribution in [0.3, 0.4) is 0 Å². The standard InChI is InChI=1S/C22H25N3O2S2/c1-6-12-25-21(27)18-13(2)15(4)28-20(18)24-22(25)29-16(5)19(26)23-14(3)17-10-8-7-9-11-17/h6-11,14,16H,1,12H2,2-5H3,(H,23,26). The van der Waals surface area contributed by atoms with E-state index < -0.39 is 5.25 Å². The SMILES string of the molecule is C=CCn1c(SC(C)C(=O)NC(C)c2ccccc2)nc2sc(C)c(C)c2c1=O. The predicted molar refractivity (Wildman–Crippen MR) is 122 cm³/mol. The zero-order valence-corrected chi connectivity index (χ0v) is 18.7. The third-order valence-corrected chi connectivity index (χ3v) is 7.07. The normalized spacial score (nSPS) is 13.2. The molecule has 0 saturated carbocycles. The fraction of sp³-hybridized carbons (Fsp3) is 0.318. The van der Waals surface area contributed by atoms with E-state index in [9.17, 15) is 9.59 Å². The summed E-state index contributed by atoms with van der Waals surface area (Å²) in [5, 5.41) is 3.84. The summed E-state index contributed by atoms with van der Waals surface area (Å²) in [4.78, 5) is 32.3. The number of carbonyl (C=O) groups is 1. The second-order valence-corrected chi connectivity index (χ2v) is 9.47. The molecule has 3 rings (SSSR count). The largest absolute Gasteiger partial charge is 0.349 e. The highest BCUT2D eigenvalue weighted by Gasteiger charge is 2.22. The van der Waals surface area contributed by atoms with E-state index in [0.29, 0.717) is 17.1 Å². The third-order valence-electron chi connectivity index (χ3n) is 4.88. The highest BCUT2D eigenvalue weighted by Crippen LogP contribution is 2.30. The maximum atomic E-state index is 13.1. The van der Waals surface area contributed by atoms with Crippen molar-refractivity contribution in [2.45, 2.75) is 50.7 Å². The Balaban J connectivity index is 1.86. The minimum Gasteiger partial charge on any atom is -0.349 e. The molecule has 5 nitrogen and oxygen atoms in total. The van der Waals surface area contributed by atoms with Gasteiger partial charge in [-0.1, -0.05) is 48.2 Å². The van der Waals surface area contributed by atoms with Gasteiger partial charge in [0.2, 0.25) is 5.91 Å². The molecule has 2 unspecified atom stereocenters. The molecule has 0 aliphatic heterocycles. The van der Waals surface area contributed by atoms with Crippen LogP contribution in [-0.4, -0.2) is 20.7 Å². The van der Waals surface area contributed by atoms with Crippen LogP contribution in [0.15, 0.2) is 52.9 Å². The van der Waals surface area contributed by atoms with Crippen molar-refractivity contribution in [2.24, 2.45) is 0 Å². The van der Waals surface area contributed by atoms with Crippen LogP contribution in [0.4, 0.5) is 0 Å². The van der Waals surface area contributed by atoms with Crippen molar-refractivity contribution in [3.05, 3.63) is 69.3 Å². The Morgan fingerprint density at radius 3 is 2.66 bits per heavy atom. The maximum Gasteiger partial charge on any atom is 0.263 e. The number of nitrogens with zero attached hydrogens (tertiary/aromatic N) is 2. The molecule has 0 aliphatic carbocycles. The van der Waals surface area contributed by atoms with Gasteiger partial charge in [0, 0.05) is 11.4 Å². The van der Waals surface area contributed by atoms with E-state index in [1.807, 2.05) is 58.0 Å². The van der Waals surface area contributed by atoms with Gasteiger partial charge in [-0.25, -0.2) is 4.98 Å². The number of rotatable bonds is 7. The highest BCUT2D eigenvalue weighted by molar-refractivity contribution is 8.00. The number of thioether (sulfide) groups is 1. The topological polar surface area (TPSA) is 64.0 Å². The fourth-order valence-corrected chi connectivity index (χ4v) is 5.05. The molecule has 152 valence electrons. The summed E-state index contributed by atoms with van der Waals surface area (Å²) in [6, 6.07) is 9.73. The smallest absolute Gasteiger partial charge is 0.263 e. The summed E-state index contributed by atoms with van der Waals surface area (Å²) in [6.45, 7) is 11.8. The van der Waals surface area contributed by atoms with Crippen LogP contribution in [0, 0.1) is 13.8 Å². The minimum atomic E-state index is -0.399. The van der Waals surface area contributed by atoms with Gasteiger partial charge < -0.3 is 5.32 Å². The van der Waals surface area contributed by atoms with Crippen molar-refractivity contribution >= 4 is 39.2 Å². The molecule has 0 saturated heterocycles. The van der Waals surface area contributed by atoms with E-state index in [4.69, 9.17) is 4.98 Å². The van der Waals surface area contributed by atoms with Gasteiger partial charge in [-0.2, -0.15) is 0 Å². The Hall–Kier alpha value is -2.38. The van der Waals surface area contributed by atoms with Gasteiger partial charge in [-0.05, 0) is 38.8 Å². The Bertz CT molecular complexity index is 1100. The van der Waals surface area contributed by atoms with Gasteiger partial charge in [0.1, 0.15) is 4.83 Å². The quantitative estimate of drug-likeness (QED) is 0.339. The van der Waals surface area contributed by atoms with Crippen LogP contribution in [0.25, 0.3) is 10.2 Å². The summed E-state index contributed by atoms with van der Waals surface area (Å²) in [7, 11) is 0. The first-order valence-electron chi connectivity index (χ1n) is 9.46. The number of hydrogen-bond donors (Lipinski definition) is 1. The first-order chi connectivity index (χ1) is 13.8. The minimum absolute atomic E-state index is 0.0792. The lowest BCUT2D eigenvalue weighted by atomic mass is 10.1. The fourth-order valence-electron chi connectivity index (χ4n) is 3.06. The number of benzene rings is 1. The molecule has 1 amide bonds. The lowest BCUT2D eigenvalue weighted by Gasteiger charge is -2.18. The van der Waals surface area contributed by atoms with E-state index in [1.54, 1.807) is 10.6 Å². The summed E-state index contributed by atoms with van der Waals surface area (Å²) in [5.41, 5.74) is 1.94. The monoisotopic (exact) mass is 427 g/mol. The third kappa shape index (κ3) is 4.46. The van der Waals surface area contributed by atoms with E-state index in [0.717, 1.165) is 20.8 Å². The lowest BCUT2D eigenvalue weighted by molar-refractivity contribution is -0.120. The van der Waals surface area contributed by atoms with Gasteiger partial charge >= 0.3 is 0 Å². The van der Waals surface area contributed by atoms with Gasteiger partial charge in [0.25, 0.3) is 5.56 Å². The summed E-state index contributed by atoms with van der Waals surface area (Å²) in [6.07, 6.45) is 1.68. The van der Waals surface area contributed by atoms with Crippen molar-refractivity contribution in [1.29, 1.82) is 0 Å². The second-order valence-electron chi connectivity index (χ2n) is 6.96. The van der Waals surface area contributed by atoms with E-state index in [1.165, 1.54) is 23.1 Å². The van der Waals surface area contributed by atoms with Crippen LogP contribution in [0.5, 0.6) is 0 Å². The second kappa shape index (κ2) is 8.97. The molecule has 29 heavy (non-hydrogen) atoms. The molecule has 2 aromatic heterocycles. The summed E-state index contributed by atoms with van der Waals surface area (Å²) >= 11 is 2.81. The Labute approximate surface area is 178 Å². The molecule has 2 heterocycles. The maximum absolute atomic E-state index is 13.1. The molecule has 0 bridgehead atoms. The number of aromatic nitrogens is 2. The molecule has 3 aromatic rings. The molecule has 0 aliphatic rings. The highest BCUT2D eigenvalue weighted by atomic mass is 32.2. The molecular formula is C22H25N3O2S2. The van der Waals surface area contributed by atoms with E-state index in [2.05, 4.69) is 11.9 Å². The lowest BCUT2D eigenvalue weighted by Crippen LogP contribution is -2.33. The van der Waals surface area contributed by atoms with Crippen LogP contribution in [0.2, 0.25) is 0 Å². The molecule has 0 fully saturated rings. The molecule has 0 radical (unpaired) electrons. The Morgan fingerprint density at radius 1 is 1.31 bits per heavy atom. The van der Waals surface area contributed by atoms with Gasteiger partial charge in [-0.3, -0.25) is 14.2 Å². The number of nitrogens with one attached hydrogen (secondary N) is 1. The van der Waals surface area contributed by atoms with Crippen LogP contribution >= 0.6 is 23.1 Å². The van der Waals surface area contributed by atoms with Crippen LogP contribution in [0.1, 0.15) is 35.9 Å². The molecule has 0 spiro atoms. The van der Waals surface area contributed by atoms with Gasteiger partial charge in [-0.15, -0.1) is 17.9 Å². The number of fused-ring (bicyclic) bond motifs is 1. The number of amides is 1. The number of carbonyl (C=O) groups excluding carboxylic acids is 1. The number of thiophene rings is 1. The van der Waals surface area contributed by atoms with E-state index in [-0.39, 0.29) is 17.5 Å². The van der Waals surface area contributed by atoms with Gasteiger partial charge in [0.05, 0.1) is 16.7 Å². The molecule has 1 aromatic carbocycles. The number of aryl methyl sites for hydroxylation is 2. The first-order valence-corrected chi connectivity index (χ1v) is 11.2. The van der Waals surface area contributed by atoms with Crippen LogP contribution < -0.4 is 10.9 Å². The Kier molecular flexibility index (Phi) is 6.59. The number of allylic oxidation sites excluding steroid dienone is 1. The van der Waals surface area contributed by atoms with Gasteiger partial charge in [0.15, 0.2) is 5.16 Å². The van der Waals surface area contributed by atoms with Crippen LogP contribution in [-0.2, 0) is 11.3 Å². The van der Waals surface area contributed by atoms with Crippen molar-refractivity contribution in [1.82, 2.24) is 14.9 Å². The summed E-state index contributed by atoms with van der Waals surface area (Å²) in [5.74, 6) is -0.0932. The Morgan fingerprint density at radius 2 is 2.00 bits per heavy atom. The summed E-state index contributed by atoms with van der Waals surface area (Å²) < 4.78 is 1.60. The van der Waals surface area contributed by atoms with Crippen molar-refractivity contribution in [2.75, 3.05) is 0 Å². The van der Waals surface area contributed by atoms with Crippen molar-refractivity contribution in [3.63, 3.8) is 0 Å². The van der Waals surface area contributed by atoms with Crippen molar-refractivity contribution in [3.8, 4) is 0 Å². The first kappa shape index (κ1) is 21.3. The van der Waals surface area contributed by atoms with E-state index >= 15 is 0 Å². The average molecular weight is 428 g/mol. The predicted octanol–water partition coefficient (Wildman–Crippen LogP) is 4.62. The average Bonchev–Trinajstić information content (AvgIpc) is 2.99. The zero-order valence-electron chi connectivity index (χ0n) is 17.1. The zero-order chi connectivity index (χ0) is 21.1.